The van der Waals surface area contributed by atoms with Gasteiger partial charge in [-0.25, -0.2) is 8.42 Å². The minimum Gasteiger partial charge on any atom is -0.493 e. The van der Waals surface area contributed by atoms with Gasteiger partial charge in [0.2, 0.25) is 0 Å². The van der Waals surface area contributed by atoms with Crippen molar-refractivity contribution in [3.05, 3.63) is 30.3 Å². The number of para-hydroxylation sites is 1. The summed E-state index contributed by atoms with van der Waals surface area (Å²) in [6, 6.07) is 9.23. The highest BCUT2D eigenvalue weighted by Crippen LogP contribution is 2.21. The van der Waals surface area contributed by atoms with Gasteiger partial charge >= 0.3 is 0 Å². The van der Waals surface area contributed by atoms with Crippen molar-refractivity contribution in [1.29, 1.82) is 0 Å². The van der Waals surface area contributed by atoms with Crippen molar-refractivity contribution in [1.82, 2.24) is 0 Å². The van der Waals surface area contributed by atoms with Gasteiger partial charge in [-0.05, 0) is 25.5 Å². The zero-order valence-electron chi connectivity index (χ0n) is 10.4. The second-order valence-electron chi connectivity index (χ2n) is 4.43. The van der Waals surface area contributed by atoms with Crippen LogP contribution >= 0.6 is 0 Å². The zero-order valence-corrected chi connectivity index (χ0v) is 11.2. The normalized spacial score (nSPS) is 24.1. The smallest absolute Gasteiger partial charge is 0.159 e. The SMILES string of the molecule is C[C@H]1OCC[C@H]1S(=O)(=O)CCOc1ccccc1. The van der Waals surface area contributed by atoms with Crippen LogP contribution in [0.1, 0.15) is 13.3 Å². The van der Waals surface area contributed by atoms with Crippen LogP contribution in [0.2, 0.25) is 0 Å². The Morgan fingerprint density at radius 1 is 1.33 bits per heavy atom. The van der Waals surface area contributed by atoms with Crippen LogP contribution in [0.5, 0.6) is 5.75 Å². The molecule has 0 spiro atoms. The highest BCUT2D eigenvalue weighted by atomic mass is 32.2. The van der Waals surface area contributed by atoms with Crippen molar-refractivity contribution in [2.24, 2.45) is 0 Å². The van der Waals surface area contributed by atoms with E-state index in [4.69, 9.17) is 9.47 Å². The first-order chi connectivity index (χ1) is 8.59. The summed E-state index contributed by atoms with van der Waals surface area (Å²) in [5.41, 5.74) is 0. The molecular weight excluding hydrogens is 252 g/mol. The number of hydrogen-bond acceptors (Lipinski definition) is 4. The molecule has 1 aliphatic rings. The fourth-order valence-electron chi connectivity index (χ4n) is 2.13. The van der Waals surface area contributed by atoms with Crippen molar-refractivity contribution in [2.75, 3.05) is 19.0 Å². The molecule has 1 fully saturated rings. The number of rotatable bonds is 5. The molecule has 5 heteroatoms. The Bertz CT molecular complexity index is 469. The van der Waals surface area contributed by atoms with Gasteiger partial charge in [-0.15, -0.1) is 0 Å². The lowest BCUT2D eigenvalue weighted by atomic mass is 10.3. The van der Waals surface area contributed by atoms with E-state index < -0.39 is 9.84 Å². The summed E-state index contributed by atoms with van der Waals surface area (Å²) in [6.45, 7) is 2.54. The molecule has 18 heavy (non-hydrogen) atoms. The highest BCUT2D eigenvalue weighted by molar-refractivity contribution is 7.92. The average molecular weight is 270 g/mol. The molecule has 0 unspecified atom stereocenters. The van der Waals surface area contributed by atoms with Gasteiger partial charge in [-0.2, -0.15) is 0 Å². The predicted molar refractivity (Wildman–Crippen MR) is 69.5 cm³/mol. The van der Waals surface area contributed by atoms with Crippen LogP contribution in [0, 0.1) is 0 Å². The molecule has 4 nitrogen and oxygen atoms in total. The Kier molecular flexibility index (Phi) is 4.24. The van der Waals surface area contributed by atoms with E-state index in [0.717, 1.165) is 0 Å². The van der Waals surface area contributed by atoms with Gasteiger partial charge in [-0.3, -0.25) is 0 Å². The molecule has 0 aliphatic carbocycles. The van der Waals surface area contributed by atoms with Crippen LogP contribution in [0.15, 0.2) is 30.3 Å². The largest absolute Gasteiger partial charge is 0.493 e. The van der Waals surface area contributed by atoms with E-state index in [0.29, 0.717) is 18.8 Å². The molecule has 0 bridgehead atoms. The number of sulfone groups is 1. The summed E-state index contributed by atoms with van der Waals surface area (Å²) in [5.74, 6) is 0.740. The Morgan fingerprint density at radius 2 is 2.06 bits per heavy atom. The van der Waals surface area contributed by atoms with Gasteiger partial charge in [0.15, 0.2) is 9.84 Å². The molecule has 1 aliphatic heterocycles. The molecule has 1 saturated heterocycles. The third-order valence-electron chi connectivity index (χ3n) is 3.15. The van der Waals surface area contributed by atoms with Crippen LogP contribution in [-0.2, 0) is 14.6 Å². The molecular formula is C13H18O4S. The zero-order chi connectivity index (χ0) is 13.0. The molecule has 0 aromatic heterocycles. The highest BCUT2D eigenvalue weighted by Gasteiger charge is 2.35. The topological polar surface area (TPSA) is 52.6 Å². The second-order valence-corrected chi connectivity index (χ2v) is 6.77. The van der Waals surface area contributed by atoms with Gasteiger partial charge in [0, 0.05) is 6.61 Å². The van der Waals surface area contributed by atoms with E-state index in [1.165, 1.54) is 0 Å². The van der Waals surface area contributed by atoms with E-state index >= 15 is 0 Å². The minimum absolute atomic E-state index is 0.0419. The van der Waals surface area contributed by atoms with Gasteiger partial charge in [0.05, 0.1) is 17.1 Å². The standard InChI is InChI=1S/C13H18O4S/c1-11-13(7-8-16-11)18(14,15)10-9-17-12-5-3-2-4-6-12/h2-6,11,13H,7-10H2,1H3/t11-,13-/m1/s1. The molecule has 0 N–H and O–H groups in total. The fourth-order valence-corrected chi connectivity index (χ4v) is 3.86. The van der Waals surface area contributed by atoms with Crippen LogP contribution in [0.3, 0.4) is 0 Å². The Hall–Kier alpha value is -1.07. The Balaban J connectivity index is 1.86. The molecule has 2 atom stereocenters. The van der Waals surface area contributed by atoms with Crippen molar-refractivity contribution in [2.45, 2.75) is 24.7 Å². The van der Waals surface area contributed by atoms with Crippen molar-refractivity contribution in [3.63, 3.8) is 0 Å². The average Bonchev–Trinajstić information content (AvgIpc) is 2.77. The van der Waals surface area contributed by atoms with Crippen molar-refractivity contribution < 1.29 is 17.9 Å². The molecule has 1 aromatic rings. The maximum Gasteiger partial charge on any atom is 0.159 e. The maximum absolute atomic E-state index is 12.1. The molecule has 0 saturated carbocycles. The monoisotopic (exact) mass is 270 g/mol. The maximum atomic E-state index is 12.1. The van der Waals surface area contributed by atoms with Crippen LogP contribution in [0.4, 0.5) is 0 Å². The van der Waals surface area contributed by atoms with Crippen LogP contribution in [-0.4, -0.2) is 38.7 Å². The van der Waals surface area contributed by atoms with Crippen LogP contribution < -0.4 is 4.74 Å². The van der Waals surface area contributed by atoms with Gasteiger partial charge in [0.25, 0.3) is 0 Å². The van der Waals surface area contributed by atoms with E-state index in [9.17, 15) is 8.42 Å². The summed E-state index contributed by atoms with van der Waals surface area (Å²) in [6.07, 6.45) is 0.390. The lowest BCUT2D eigenvalue weighted by molar-refractivity contribution is 0.126. The molecule has 100 valence electrons. The van der Waals surface area contributed by atoms with E-state index in [2.05, 4.69) is 0 Å². The van der Waals surface area contributed by atoms with Gasteiger partial charge in [0.1, 0.15) is 12.4 Å². The summed E-state index contributed by atoms with van der Waals surface area (Å²) < 4.78 is 34.9. The summed E-state index contributed by atoms with van der Waals surface area (Å²) >= 11 is 0. The van der Waals surface area contributed by atoms with E-state index in [-0.39, 0.29) is 23.7 Å². The first kappa shape index (κ1) is 13.4. The summed E-state index contributed by atoms with van der Waals surface area (Å²) in [4.78, 5) is 0. The van der Waals surface area contributed by atoms with Crippen molar-refractivity contribution >= 4 is 9.84 Å². The molecule has 1 heterocycles. The summed E-state index contributed by atoms with van der Waals surface area (Å²) in [5, 5.41) is -0.378. The van der Waals surface area contributed by atoms with E-state index in [1.54, 1.807) is 0 Å². The molecule has 0 amide bonds. The quantitative estimate of drug-likeness (QED) is 0.816. The first-order valence-corrected chi connectivity index (χ1v) is 7.82. The minimum atomic E-state index is -3.13. The van der Waals surface area contributed by atoms with Crippen LogP contribution in [0.25, 0.3) is 0 Å². The summed E-state index contributed by atoms with van der Waals surface area (Å²) in [7, 11) is -3.13. The molecule has 2 rings (SSSR count). The second kappa shape index (κ2) is 5.71. The molecule has 1 aromatic carbocycles. The third kappa shape index (κ3) is 3.23. The lowest BCUT2D eigenvalue weighted by Crippen LogP contribution is -2.32. The fraction of sp³-hybridized carbons (Fsp3) is 0.538. The van der Waals surface area contributed by atoms with Gasteiger partial charge < -0.3 is 9.47 Å². The number of ether oxygens (including phenoxy) is 2. The first-order valence-electron chi connectivity index (χ1n) is 6.10. The Labute approximate surface area is 108 Å². The third-order valence-corrected chi connectivity index (χ3v) is 5.42. The van der Waals surface area contributed by atoms with E-state index in [1.807, 2.05) is 37.3 Å². The number of hydrogen-bond donors (Lipinski definition) is 0. The molecule has 0 radical (unpaired) electrons. The van der Waals surface area contributed by atoms with Gasteiger partial charge in [-0.1, -0.05) is 18.2 Å². The predicted octanol–water partition coefficient (Wildman–Crippen LogP) is 1.66. The number of benzene rings is 1. The lowest BCUT2D eigenvalue weighted by Gasteiger charge is -2.15. The Morgan fingerprint density at radius 3 is 2.67 bits per heavy atom. The van der Waals surface area contributed by atoms with Crippen molar-refractivity contribution in [3.8, 4) is 5.75 Å².